The molecule has 1 aliphatic heterocycles. The van der Waals surface area contributed by atoms with Crippen molar-refractivity contribution in [3.63, 3.8) is 0 Å². The van der Waals surface area contributed by atoms with Gasteiger partial charge in [-0.05, 0) is 56.7 Å². The number of nitrogens with one attached hydrogen (secondary N) is 2. The molecule has 1 unspecified atom stereocenters. The Hall–Kier alpha value is -1.06. The molecule has 2 fully saturated rings. The third kappa shape index (κ3) is 3.47. The highest BCUT2D eigenvalue weighted by Crippen LogP contribution is 2.28. The first kappa shape index (κ1) is 15.8. The summed E-state index contributed by atoms with van der Waals surface area (Å²) in [5.41, 5.74) is 1.79. The maximum Gasteiger partial charge on any atom is 0.279 e. The lowest BCUT2D eigenvalue weighted by Gasteiger charge is -2.40. The van der Waals surface area contributed by atoms with E-state index >= 15 is 0 Å². The number of carbonyl (C=O) groups excluding carboxylic acids is 1. The van der Waals surface area contributed by atoms with Crippen molar-refractivity contribution in [2.75, 3.05) is 18.4 Å². The van der Waals surface area contributed by atoms with E-state index < -0.39 is 0 Å². The summed E-state index contributed by atoms with van der Waals surface area (Å²) in [6.45, 7) is 3.68. The zero-order chi connectivity index (χ0) is 15.5. The molecular formula is C18H26ClN2O+. The molecular weight excluding hydrogens is 296 g/mol. The standard InChI is InChI=1S/C18H25ClN2O/c1-13-15(19)8-4-9-16(13)20-18(22)12-21-11-5-7-14-6-2-3-10-17(14)21/h4,8-9,14,17H,2-3,5-7,10-12H2,1H3,(H,20,22)/p+1/t14-,17+/m1/s1. The summed E-state index contributed by atoms with van der Waals surface area (Å²) in [4.78, 5) is 13.9. The van der Waals surface area contributed by atoms with Crippen LogP contribution in [-0.2, 0) is 4.79 Å². The van der Waals surface area contributed by atoms with Crippen molar-refractivity contribution in [1.29, 1.82) is 0 Å². The van der Waals surface area contributed by atoms with Gasteiger partial charge in [-0.15, -0.1) is 0 Å². The minimum Gasteiger partial charge on any atom is -0.324 e. The topological polar surface area (TPSA) is 33.5 Å². The minimum absolute atomic E-state index is 0.117. The van der Waals surface area contributed by atoms with Crippen LogP contribution in [0.2, 0.25) is 5.02 Å². The highest BCUT2D eigenvalue weighted by atomic mass is 35.5. The predicted molar refractivity (Wildman–Crippen MR) is 90.5 cm³/mol. The second-order valence-electron chi connectivity index (χ2n) is 6.84. The molecule has 1 aromatic carbocycles. The van der Waals surface area contributed by atoms with Crippen LogP contribution in [0.4, 0.5) is 5.69 Å². The van der Waals surface area contributed by atoms with Crippen LogP contribution < -0.4 is 10.2 Å². The van der Waals surface area contributed by atoms with E-state index in [0.29, 0.717) is 17.6 Å². The van der Waals surface area contributed by atoms with Crippen LogP contribution in [0.15, 0.2) is 18.2 Å². The van der Waals surface area contributed by atoms with E-state index in [4.69, 9.17) is 11.6 Å². The third-order valence-electron chi connectivity index (χ3n) is 5.44. The molecule has 4 heteroatoms. The van der Waals surface area contributed by atoms with E-state index in [0.717, 1.165) is 23.7 Å². The number of amides is 1. The van der Waals surface area contributed by atoms with Gasteiger partial charge in [0.1, 0.15) is 0 Å². The molecule has 0 aromatic heterocycles. The average Bonchev–Trinajstić information content (AvgIpc) is 2.52. The fraction of sp³-hybridized carbons (Fsp3) is 0.611. The molecule has 1 saturated carbocycles. The summed E-state index contributed by atoms with van der Waals surface area (Å²) >= 11 is 6.12. The molecule has 0 spiro atoms. The molecule has 3 nitrogen and oxygen atoms in total. The molecule has 120 valence electrons. The van der Waals surface area contributed by atoms with E-state index in [1.54, 1.807) is 0 Å². The first-order valence-electron chi connectivity index (χ1n) is 8.54. The Kier molecular flexibility index (Phi) is 5.04. The summed E-state index contributed by atoms with van der Waals surface area (Å²) < 4.78 is 0. The van der Waals surface area contributed by atoms with Crippen molar-refractivity contribution < 1.29 is 9.69 Å². The molecule has 1 aromatic rings. The van der Waals surface area contributed by atoms with Gasteiger partial charge in [-0.2, -0.15) is 0 Å². The quantitative estimate of drug-likeness (QED) is 0.882. The van der Waals surface area contributed by atoms with Gasteiger partial charge in [-0.25, -0.2) is 0 Å². The molecule has 1 heterocycles. The zero-order valence-corrected chi connectivity index (χ0v) is 14.1. The maximum absolute atomic E-state index is 12.4. The van der Waals surface area contributed by atoms with E-state index in [1.165, 1.54) is 43.4 Å². The number of piperidine rings is 1. The monoisotopic (exact) mass is 321 g/mol. The van der Waals surface area contributed by atoms with Crippen LogP contribution in [0.5, 0.6) is 0 Å². The van der Waals surface area contributed by atoms with Gasteiger partial charge < -0.3 is 10.2 Å². The number of hydrogen-bond donors (Lipinski definition) is 2. The van der Waals surface area contributed by atoms with Crippen molar-refractivity contribution >= 4 is 23.2 Å². The Morgan fingerprint density at radius 2 is 2.05 bits per heavy atom. The Labute approximate surface area is 138 Å². The molecule has 0 bridgehead atoms. The Balaban J connectivity index is 1.62. The normalized spacial score (nSPS) is 28.0. The van der Waals surface area contributed by atoms with Gasteiger partial charge in [-0.1, -0.05) is 24.1 Å². The Morgan fingerprint density at radius 3 is 2.91 bits per heavy atom. The van der Waals surface area contributed by atoms with Crippen molar-refractivity contribution in [1.82, 2.24) is 0 Å². The second-order valence-corrected chi connectivity index (χ2v) is 7.25. The first-order chi connectivity index (χ1) is 10.6. The summed E-state index contributed by atoms with van der Waals surface area (Å²) in [6, 6.07) is 6.37. The molecule has 2 aliphatic rings. The van der Waals surface area contributed by atoms with Crippen molar-refractivity contribution in [3.8, 4) is 0 Å². The number of fused-ring (bicyclic) bond motifs is 1. The number of quaternary nitrogens is 1. The van der Waals surface area contributed by atoms with Crippen LogP contribution in [0.25, 0.3) is 0 Å². The summed E-state index contributed by atoms with van der Waals surface area (Å²) in [6.07, 6.45) is 8.00. The molecule has 1 aliphatic carbocycles. The minimum atomic E-state index is 0.117. The van der Waals surface area contributed by atoms with E-state index in [2.05, 4.69) is 5.32 Å². The van der Waals surface area contributed by atoms with Crippen LogP contribution in [0.1, 0.15) is 44.1 Å². The fourth-order valence-electron chi connectivity index (χ4n) is 4.23. The number of anilines is 1. The number of benzene rings is 1. The molecule has 1 amide bonds. The van der Waals surface area contributed by atoms with Gasteiger partial charge in [-0.3, -0.25) is 4.79 Å². The van der Waals surface area contributed by atoms with E-state index in [-0.39, 0.29) is 5.91 Å². The zero-order valence-electron chi connectivity index (χ0n) is 13.3. The van der Waals surface area contributed by atoms with Gasteiger partial charge in [0.2, 0.25) is 0 Å². The number of likely N-dealkylation sites (tertiary alicyclic amines) is 1. The van der Waals surface area contributed by atoms with Crippen LogP contribution in [0.3, 0.4) is 0 Å². The van der Waals surface area contributed by atoms with Crippen molar-refractivity contribution in [2.24, 2.45) is 5.92 Å². The van der Waals surface area contributed by atoms with Gasteiger partial charge in [0.05, 0.1) is 12.6 Å². The molecule has 22 heavy (non-hydrogen) atoms. The first-order valence-corrected chi connectivity index (χ1v) is 8.92. The van der Waals surface area contributed by atoms with Crippen molar-refractivity contribution in [2.45, 2.75) is 51.5 Å². The summed E-state index contributed by atoms with van der Waals surface area (Å²) in [7, 11) is 0. The van der Waals surface area contributed by atoms with Crippen LogP contribution in [-0.4, -0.2) is 25.0 Å². The van der Waals surface area contributed by atoms with Gasteiger partial charge in [0, 0.05) is 16.6 Å². The number of carbonyl (C=O) groups is 1. The van der Waals surface area contributed by atoms with Gasteiger partial charge in [0.15, 0.2) is 6.54 Å². The number of halogens is 1. The van der Waals surface area contributed by atoms with Gasteiger partial charge >= 0.3 is 0 Å². The largest absolute Gasteiger partial charge is 0.324 e. The lowest BCUT2D eigenvalue weighted by molar-refractivity contribution is -0.928. The van der Waals surface area contributed by atoms with Crippen LogP contribution in [0, 0.1) is 12.8 Å². The highest BCUT2D eigenvalue weighted by molar-refractivity contribution is 6.31. The fourth-order valence-corrected chi connectivity index (χ4v) is 4.40. The van der Waals surface area contributed by atoms with Crippen molar-refractivity contribution in [3.05, 3.63) is 28.8 Å². The molecule has 3 atom stereocenters. The predicted octanol–water partition coefficient (Wildman–Crippen LogP) is 2.82. The third-order valence-corrected chi connectivity index (χ3v) is 5.85. The SMILES string of the molecule is Cc1c(Cl)cccc1NC(=O)C[NH+]1CCC[C@H]2CCCC[C@@H]21. The van der Waals surface area contributed by atoms with Gasteiger partial charge in [0.25, 0.3) is 5.91 Å². The van der Waals surface area contributed by atoms with Crippen LogP contribution >= 0.6 is 11.6 Å². The van der Waals surface area contributed by atoms with E-state index in [1.807, 2.05) is 25.1 Å². The molecule has 1 saturated heterocycles. The molecule has 3 rings (SSSR count). The smallest absolute Gasteiger partial charge is 0.279 e. The molecule has 2 N–H and O–H groups in total. The lowest BCUT2D eigenvalue weighted by atomic mass is 9.78. The highest BCUT2D eigenvalue weighted by Gasteiger charge is 2.37. The Morgan fingerprint density at radius 1 is 1.27 bits per heavy atom. The molecule has 0 radical (unpaired) electrons. The second kappa shape index (κ2) is 7.01. The summed E-state index contributed by atoms with van der Waals surface area (Å²) in [5, 5.41) is 3.75. The summed E-state index contributed by atoms with van der Waals surface area (Å²) in [5.74, 6) is 0.963. The number of rotatable bonds is 3. The number of hydrogen-bond acceptors (Lipinski definition) is 1. The Bertz CT molecular complexity index is 544. The average molecular weight is 322 g/mol. The van der Waals surface area contributed by atoms with E-state index in [9.17, 15) is 4.79 Å². The maximum atomic E-state index is 12.4. The lowest BCUT2D eigenvalue weighted by Crippen LogP contribution is -3.18.